The maximum atomic E-state index is 14.7. The summed E-state index contributed by atoms with van der Waals surface area (Å²) in [6.45, 7) is 2.13. The number of hydrogen-bond acceptors (Lipinski definition) is 0. The van der Waals surface area contributed by atoms with E-state index >= 15 is 0 Å². The van der Waals surface area contributed by atoms with Crippen LogP contribution in [0.25, 0.3) is 11.1 Å². The van der Waals surface area contributed by atoms with Gasteiger partial charge < -0.3 is 0 Å². The highest BCUT2D eigenvalue weighted by Gasteiger charge is 2.38. The monoisotopic (exact) mass is 432 g/mol. The van der Waals surface area contributed by atoms with E-state index in [-0.39, 0.29) is 5.92 Å². The number of alkyl halides is 3. The maximum absolute atomic E-state index is 14.7. The molecule has 0 N–H and O–H groups in total. The highest BCUT2D eigenvalue weighted by Crippen LogP contribution is 2.41. The number of hydrogen-bond donors (Lipinski definition) is 0. The van der Waals surface area contributed by atoms with E-state index < -0.39 is 46.1 Å². The molecule has 0 radical (unpaired) electrons. The topological polar surface area (TPSA) is 0 Å². The average molecular weight is 432 g/mol. The summed E-state index contributed by atoms with van der Waals surface area (Å²) in [6, 6.07) is 2.88. The minimum Gasteiger partial charge on any atom is -0.206 e. The molecule has 2 aromatic rings. The van der Waals surface area contributed by atoms with Gasteiger partial charge in [-0.25, -0.2) is 17.6 Å². The van der Waals surface area contributed by atoms with Gasteiger partial charge in [0.15, 0.2) is 0 Å². The van der Waals surface area contributed by atoms with Gasteiger partial charge in [-0.15, -0.1) is 0 Å². The minimum absolute atomic E-state index is 0.0120. The third-order valence-corrected chi connectivity index (χ3v) is 5.96. The molecular formula is C23H23F7. The van der Waals surface area contributed by atoms with E-state index in [4.69, 9.17) is 0 Å². The molecule has 0 heterocycles. The van der Waals surface area contributed by atoms with Crippen LogP contribution in [0.5, 0.6) is 0 Å². The summed E-state index contributed by atoms with van der Waals surface area (Å²) < 4.78 is 95.3. The van der Waals surface area contributed by atoms with Crippen molar-refractivity contribution in [2.75, 3.05) is 0 Å². The lowest BCUT2D eigenvalue weighted by Crippen LogP contribution is -2.14. The molecule has 0 atom stereocenters. The molecule has 0 aromatic heterocycles. The van der Waals surface area contributed by atoms with Gasteiger partial charge in [-0.3, -0.25) is 0 Å². The third-order valence-electron chi connectivity index (χ3n) is 5.96. The van der Waals surface area contributed by atoms with Crippen LogP contribution >= 0.6 is 0 Å². The molecule has 7 heteroatoms. The van der Waals surface area contributed by atoms with E-state index in [1.807, 2.05) is 0 Å². The lowest BCUT2D eigenvalue weighted by molar-refractivity contribution is -0.142. The molecule has 0 saturated heterocycles. The molecule has 0 bridgehead atoms. The van der Waals surface area contributed by atoms with Gasteiger partial charge in [-0.1, -0.05) is 26.2 Å². The predicted molar refractivity (Wildman–Crippen MR) is 101 cm³/mol. The Bertz CT molecular complexity index is 847. The van der Waals surface area contributed by atoms with Crippen molar-refractivity contribution in [1.82, 2.24) is 0 Å². The van der Waals surface area contributed by atoms with Gasteiger partial charge in [0.2, 0.25) is 0 Å². The molecule has 0 nitrogen and oxygen atoms in total. The Morgan fingerprint density at radius 1 is 0.800 bits per heavy atom. The smallest absolute Gasteiger partial charge is 0.206 e. The Kier molecular flexibility index (Phi) is 6.78. The van der Waals surface area contributed by atoms with Gasteiger partial charge in [-0.05, 0) is 72.9 Å². The summed E-state index contributed by atoms with van der Waals surface area (Å²) in [6.07, 6.45) is 1.75. The van der Waals surface area contributed by atoms with E-state index in [0.29, 0.717) is 23.6 Å². The molecular weight excluding hydrogens is 409 g/mol. The van der Waals surface area contributed by atoms with Gasteiger partial charge >= 0.3 is 6.18 Å². The van der Waals surface area contributed by atoms with Crippen molar-refractivity contribution in [2.45, 2.75) is 64.0 Å². The van der Waals surface area contributed by atoms with Crippen LogP contribution in [0.2, 0.25) is 0 Å². The number of unbranched alkanes of at least 4 members (excludes halogenated alkanes) is 1. The SMILES string of the molecule is CCCCC1CCC(c2cc(F)c(-c3cc(F)c(C(F)(F)F)c(F)c3)c(F)c2)CC1. The first-order valence-corrected chi connectivity index (χ1v) is 10.2. The van der Waals surface area contributed by atoms with E-state index in [0.717, 1.165) is 57.1 Å². The van der Waals surface area contributed by atoms with E-state index in [1.54, 1.807) is 0 Å². The number of halogens is 7. The molecule has 0 amide bonds. The Hall–Kier alpha value is -2.05. The maximum Gasteiger partial charge on any atom is 0.422 e. The molecule has 164 valence electrons. The Morgan fingerprint density at radius 3 is 1.80 bits per heavy atom. The highest BCUT2D eigenvalue weighted by molar-refractivity contribution is 5.66. The Morgan fingerprint density at radius 2 is 1.33 bits per heavy atom. The highest BCUT2D eigenvalue weighted by atomic mass is 19.4. The second-order valence-electron chi connectivity index (χ2n) is 8.03. The van der Waals surface area contributed by atoms with Crippen LogP contribution in [-0.4, -0.2) is 0 Å². The first-order valence-electron chi connectivity index (χ1n) is 10.2. The third kappa shape index (κ3) is 4.81. The predicted octanol–water partition coefficient (Wildman–Crippen LogP) is 8.39. The standard InChI is InChI=1S/C23H23F7/c1-2-3-4-13-5-7-14(8-6-13)15-9-17(24)21(18(25)10-15)16-11-19(26)22(20(27)12-16)23(28,29)30/h9-14H,2-8H2,1H3. The summed E-state index contributed by atoms with van der Waals surface area (Å²) in [7, 11) is 0. The van der Waals surface area contributed by atoms with Crippen molar-refractivity contribution in [3.8, 4) is 11.1 Å². The zero-order valence-electron chi connectivity index (χ0n) is 16.6. The summed E-state index contributed by atoms with van der Waals surface area (Å²) >= 11 is 0. The summed E-state index contributed by atoms with van der Waals surface area (Å²) in [5, 5.41) is 0. The fourth-order valence-corrected chi connectivity index (χ4v) is 4.37. The molecule has 0 unspecified atom stereocenters. The Balaban J connectivity index is 1.86. The summed E-state index contributed by atoms with van der Waals surface area (Å²) in [5.74, 6) is -5.31. The van der Waals surface area contributed by atoms with Gasteiger partial charge in [0.1, 0.15) is 28.8 Å². The largest absolute Gasteiger partial charge is 0.422 e. The first-order chi connectivity index (χ1) is 14.1. The molecule has 1 aliphatic carbocycles. The van der Waals surface area contributed by atoms with Gasteiger partial charge in [0, 0.05) is 0 Å². The van der Waals surface area contributed by atoms with Crippen LogP contribution < -0.4 is 0 Å². The molecule has 1 saturated carbocycles. The van der Waals surface area contributed by atoms with Crippen LogP contribution in [0.4, 0.5) is 30.7 Å². The van der Waals surface area contributed by atoms with Crippen LogP contribution in [0, 0.1) is 29.2 Å². The zero-order chi connectivity index (χ0) is 22.1. The summed E-state index contributed by atoms with van der Waals surface area (Å²) in [5.41, 5.74) is -2.95. The molecule has 3 rings (SSSR count). The lowest BCUT2D eigenvalue weighted by atomic mass is 9.77. The number of rotatable bonds is 5. The summed E-state index contributed by atoms with van der Waals surface area (Å²) in [4.78, 5) is 0. The lowest BCUT2D eigenvalue weighted by Gasteiger charge is -2.29. The second-order valence-corrected chi connectivity index (χ2v) is 8.03. The quantitative estimate of drug-likeness (QED) is 0.416. The first kappa shape index (κ1) is 22.6. The molecule has 1 aliphatic rings. The van der Waals surface area contributed by atoms with Crippen LogP contribution in [0.15, 0.2) is 24.3 Å². The fourth-order valence-electron chi connectivity index (χ4n) is 4.37. The minimum atomic E-state index is -5.25. The van der Waals surface area contributed by atoms with Crippen molar-refractivity contribution in [3.05, 3.63) is 58.7 Å². The zero-order valence-corrected chi connectivity index (χ0v) is 16.6. The van der Waals surface area contributed by atoms with E-state index in [1.165, 1.54) is 0 Å². The van der Waals surface area contributed by atoms with Crippen molar-refractivity contribution in [3.63, 3.8) is 0 Å². The van der Waals surface area contributed by atoms with Crippen LogP contribution in [0.1, 0.15) is 68.9 Å². The van der Waals surface area contributed by atoms with Crippen molar-refractivity contribution in [1.29, 1.82) is 0 Å². The van der Waals surface area contributed by atoms with Gasteiger partial charge in [0.25, 0.3) is 0 Å². The molecule has 0 aliphatic heterocycles. The molecule has 2 aromatic carbocycles. The normalized spacial score (nSPS) is 19.9. The van der Waals surface area contributed by atoms with Crippen LogP contribution in [0.3, 0.4) is 0 Å². The van der Waals surface area contributed by atoms with Crippen molar-refractivity contribution < 1.29 is 30.7 Å². The van der Waals surface area contributed by atoms with Gasteiger partial charge in [-0.2, -0.15) is 13.2 Å². The van der Waals surface area contributed by atoms with Gasteiger partial charge in [0.05, 0.1) is 5.56 Å². The van der Waals surface area contributed by atoms with E-state index in [2.05, 4.69) is 6.92 Å². The van der Waals surface area contributed by atoms with E-state index in [9.17, 15) is 30.7 Å². The fraction of sp³-hybridized carbons (Fsp3) is 0.478. The average Bonchev–Trinajstić information content (AvgIpc) is 2.64. The number of benzene rings is 2. The van der Waals surface area contributed by atoms with Crippen molar-refractivity contribution >= 4 is 0 Å². The molecule has 0 spiro atoms. The molecule has 30 heavy (non-hydrogen) atoms. The van der Waals surface area contributed by atoms with Crippen molar-refractivity contribution in [2.24, 2.45) is 5.92 Å². The van der Waals surface area contributed by atoms with Crippen LogP contribution in [-0.2, 0) is 6.18 Å². The second kappa shape index (κ2) is 8.98. The molecule has 1 fully saturated rings. The Labute approximate surface area is 171 Å².